The quantitative estimate of drug-likeness (QED) is 0.845. The first-order chi connectivity index (χ1) is 9.45. The first-order valence-electron chi connectivity index (χ1n) is 6.10. The van der Waals surface area contributed by atoms with Gasteiger partial charge in [0.15, 0.2) is 0 Å². The number of hydrogen-bond donors (Lipinski definition) is 2. The summed E-state index contributed by atoms with van der Waals surface area (Å²) in [6.45, 7) is 0. The van der Waals surface area contributed by atoms with Crippen LogP contribution in [-0.2, 0) is 0 Å². The van der Waals surface area contributed by atoms with Gasteiger partial charge in [0, 0.05) is 36.7 Å². The van der Waals surface area contributed by atoms with E-state index in [1.807, 2.05) is 31.1 Å². The number of nitrogens with zero attached hydrogens (tertiary/aromatic N) is 1. The van der Waals surface area contributed by atoms with Gasteiger partial charge in [-0.1, -0.05) is 0 Å². The molecule has 2 aromatic rings. The van der Waals surface area contributed by atoms with Gasteiger partial charge in [0.1, 0.15) is 5.82 Å². The van der Waals surface area contributed by atoms with Gasteiger partial charge in [-0.3, -0.25) is 4.79 Å². The Morgan fingerprint density at radius 1 is 1.15 bits per heavy atom. The second kappa shape index (κ2) is 5.61. The third-order valence-electron chi connectivity index (χ3n) is 2.82. The summed E-state index contributed by atoms with van der Waals surface area (Å²) in [5.41, 5.74) is 7.60. The zero-order valence-corrected chi connectivity index (χ0v) is 11.4. The molecule has 0 radical (unpaired) electrons. The van der Waals surface area contributed by atoms with Crippen molar-refractivity contribution in [2.75, 3.05) is 30.0 Å². The van der Waals surface area contributed by atoms with Crippen molar-refractivity contribution in [3.63, 3.8) is 0 Å². The number of hydrogen-bond acceptors (Lipinski definition) is 3. The summed E-state index contributed by atoms with van der Waals surface area (Å²) < 4.78 is 13.2. The Morgan fingerprint density at radius 3 is 2.35 bits per heavy atom. The molecule has 20 heavy (non-hydrogen) atoms. The number of benzene rings is 2. The largest absolute Gasteiger partial charge is 0.399 e. The highest BCUT2D eigenvalue weighted by molar-refractivity contribution is 6.04. The van der Waals surface area contributed by atoms with Gasteiger partial charge in [0.05, 0.1) is 0 Å². The molecule has 0 aliphatic carbocycles. The van der Waals surface area contributed by atoms with Crippen molar-refractivity contribution < 1.29 is 9.18 Å². The lowest BCUT2D eigenvalue weighted by molar-refractivity contribution is 0.102. The van der Waals surface area contributed by atoms with Crippen LogP contribution in [0.2, 0.25) is 0 Å². The standard InChI is InChI=1S/C15H16FN3O/c1-19(2)14-5-3-13(4-6-14)18-15(20)10-7-11(16)9-12(17)8-10/h3-9H,17H2,1-2H3,(H,18,20). The smallest absolute Gasteiger partial charge is 0.255 e. The third-order valence-corrected chi connectivity index (χ3v) is 2.82. The van der Waals surface area contributed by atoms with Crippen molar-refractivity contribution >= 4 is 23.0 Å². The average molecular weight is 273 g/mol. The van der Waals surface area contributed by atoms with Crippen LogP contribution in [0.1, 0.15) is 10.4 Å². The van der Waals surface area contributed by atoms with E-state index in [0.29, 0.717) is 5.69 Å². The lowest BCUT2D eigenvalue weighted by Crippen LogP contribution is -2.13. The molecule has 0 bridgehead atoms. The molecule has 0 aromatic heterocycles. The fourth-order valence-electron chi connectivity index (χ4n) is 1.79. The molecule has 5 heteroatoms. The Hall–Kier alpha value is -2.56. The number of anilines is 3. The molecule has 104 valence electrons. The Morgan fingerprint density at radius 2 is 1.80 bits per heavy atom. The molecular formula is C15H16FN3O. The Bertz CT molecular complexity index is 603. The number of rotatable bonds is 3. The number of nitrogen functional groups attached to an aromatic ring is 1. The number of amides is 1. The lowest BCUT2D eigenvalue weighted by Gasteiger charge is -2.13. The molecule has 0 heterocycles. The highest BCUT2D eigenvalue weighted by Gasteiger charge is 2.08. The van der Waals surface area contributed by atoms with E-state index in [-0.39, 0.29) is 11.3 Å². The first kappa shape index (κ1) is 13.9. The number of nitrogens with one attached hydrogen (secondary N) is 1. The molecule has 4 nitrogen and oxygen atoms in total. The van der Waals surface area contributed by atoms with Gasteiger partial charge >= 0.3 is 0 Å². The summed E-state index contributed by atoms with van der Waals surface area (Å²) in [5.74, 6) is -0.924. The summed E-state index contributed by atoms with van der Waals surface area (Å²) in [5, 5.41) is 2.70. The van der Waals surface area contributed by atoms with Crippen molar-refractivity contribution in [2.45, 2.75) is 0 Å². The lowest BCUT2D eigenvalue weighted by atomic mass is 10.1. The van der Waals surface area contributed by atoms with Gasteiger partial charge in [-0.05, 0) is 42.5 Å². The Kier molecular flexibility index (Phi) is 3.89. The van der Waals surface area contributed by atoms with Crippen molar-refractivity contribution in [3.8, 4) is 0 Å². The van der Waals surface area contributed by atoms with Gasteiger partial charge in [0.2, 0.25) is 0 Å². The maximum Gasteiger partial charge on any atom is 0.255 e. The normalized spacial score (nSPS) is 10.2. The molecule has 0 unspecified atom stereocenters. The second-order valence-corrected chi connectivity index (χ2v) is 4.67. The van der Waals surface area contributed by atoms with Gasteiger partial charge in [0.25, 0.3) is 5.91 Å². The van der Waals surface area contributed by atoms with E-state index in [0.717, 1.165) is 11.8 Å². The van der Waals surface area contributed by atoms with Crippen LogP contribution in [0.4, 0.5) is 21.5 Å². The molecular weight excluding hydrogens is 257 g/mol. The molecule has 3 N–H and O–H groups in total. The minimum Gasteiger partial charge on any atom is -0.399 e. The van der Waals surface area contributed by atoms with E-state index >= 15 is 0 Å². The van der Waals surface area contributed by atoms with E-state index in [1.165, 1.54) is 12.1 Å². The number of halogens is 1. The van der Waals surface area contributed by atoms with Crippen LogP contribution in [0.5, 0.6) is 0 Å². The molecule has 0 atom stereocenters. The Labute approximate surface area is 117 Å². The van der Waals surface area contributed by atoms with Gasteiger partial charge in [-0.25, -0.2) is 4.39 Å². The van der Waals surface area contributed by atoms with Crippen LogP contribution in [0.15, 0.2) is 42.5 Å². The van der Waals surface area contributed by atoms with Crippen LogP contribution in [-0.4, -0.2) is 20.0 Å². The van der Waals surface area contributed by atoms with Crippen LogP contribution < -0.4 is 16.0 Å². The van der Waals surface area contributed by atoms with Crippen LogP contribution >= 0.6 is 0 Å². The number of carbonyl (C=O) groups is 1. The predicted molar refractivity (Wildman–Crippen MR) is 79.5 cm³/mol. The fraction of sp³-hybridized carbons (Fsp3) is 0.133. The maximum absolute atomic E-state index is 13.2. The summed E-state index contributed by atoms with van der Waals surface area (Å²) in [6.07, 6.45) is 0. The predicted octanol–water partition coefficient (Wildman–Crippen LogP) is 2.73. The topological polar surface area (TPSA) is 58.4 Å². The minimum atomic E-state index is -0.530. The highest BCUT2D eigenvalue weighted by Crippen LogP contribution is 2.17. The zero-order valence-electron chi connectivity index (χ0n) is 11.4. The monoisotopic (exact) mass is 273 g/mol. The van der Waals surface area contributed by atoms with Crippen molar-refractivity contribution in [2.24, 2.45) is 0 Å². The molecule has 0 saturated carbocycles. The van der Waals surface area contributed by atoms with E-state index in [1.54, 1.807) is 12.1 Å². The van der Waals surface area contributed by atoms with Crippen molar-refractivity contribution in [3.05, 3.63) is 53.8 Å². The van der Waals surface area contributed by atoms with E-state index < -0.39 is 11.7 Å². The average Bonchev–Trinajstić information content (AvgIpc) is 2.38. The van der Waals surface area contributed by atoms with Gasteiger partial charge in [-0.2, -0.15) is 0 Å². The molecule has 0 aliphatic rings. The van der Waals surface area contributed by atoms with Crippen LogP contribution in [0.25, 0.3) is 0 Å². The first-order valence-corrected chi connectivity index (χ1v) is 6.10. The molecule has 2 rings (SSSR count). The second-order valence-electron chi connectivity index (χ2n) is 4.67. The number of nitrogens with two attached hydrogens (primary N) is 1. The summed E-state index contributed by atoms with van der Waals surface area (Å²) in [7, 11) is 3.87. The number of carbonyl (C=O) groups excluding carboxylic acids is 1. The molecule has 0 spiro atoms. The highest BCUT2D eigenvalue weighted by atomic mass is 19.1. The molecule has 2 aromatic carbocycles. The summed E-state index contributed by atoms with van der Waals surface area (Å²) in [6, 6.07) is 11.1. The maximum atomic E-state index is 13.2. The van der Waals surface area contributed by atoms with Crippen molar-refractivity contribution in [1.29, 1.82) is 0 Å². The fourth-order valence-corrected chi connectivity index (χ4v) is 1.79. The third kappa shape index (κ3) is 3.26. The van der Waals surface area contributed by atoms with E-state index in [2.05, 4.69) is 5.32 Å². The van der Waals surface area contributed by atoms with E-state index in [4.69, 9.17) is 5.73 Å². The summed E-state index contributed by atoms with van der Waals surface area (Å²) >= 11 is 0. The Balaban J connectivity index is 2.14. The molecule has 0 fully saturated rings. The zero-order chi connectivity index (χ0) is 14.7. The molecule has 0 aliphatic heterocycles. The summed E-state index contributed by atoms with van der Waals surface area (Å²) in [4.78, 5) is 14.0. The minimum absolute atomic E-state index is 0.194. The van der Waals surface area contributed by atoms with Crippen LogP contribution in [0, 0.1) is 5.82 Å². The molecule has 0 saturated heterocycles. The van der Waals surface area contributed by atoms with Crippen molar-refractivity contribution in [1.82, 2.24) is 0 Å². The van der Waals surface area contributed by atoms with Crippen LogP contribution in [0.3, 0.4) is 0 Å². The SMILES string of the molecule is CN(C)c1ccc(NC(=O)c2cc(N)cc(F)c2)cc1. The van der Waals surface area contributed by atoms with Gasteiger partial charge < -0.3 is 16.0 Å². The van der Waals surface area contributed by atoms with E-state index in [9.17, 15) is 9.18 Å². The molecule has 1 amide bonds. The van der Waals surface area contributed by atoms with Gasteiger partial charge in [-0.15, -0.1) is 0 Å².